The fourth-order valence-corrected chi connectivity index (χ4v) is 3.80. The molecule has 0 aliphatic rings. The molecule has 0 unspecified atom stereocenters. The summed E-state index contributed by atoms with van der Waals surface area (Å²) >= 11 is 5.95. The zero-order chi connectivity index (χ0) is 16.3. The molecule has 0 fully saturated rings. The molecule has 1 heterocycles. The Morgan fingerprint density at radius 2 is 2.05 bits per heavy atom. The zero-order valence-electron chi connectivity index (χ0n) is 12.5. The highest BCUT2D eigenvalue weighted by atomic mass is 35.5. The molecule has 0 saturated heterocycles. The topological polar surface area (TPSA) is 71.3 Å². The monoisotopic (exact) mass is 342 g/mol. The van der Waals surface area contributed by atoms with Gasteiger partial charge in [-0.2, -0.15) is 0 Å². The number of benzene rings is 1. The van der Waals surface area contributed by atoms with Crippen LogP contribution in [0, 0.1) is 6.92 Å². The van der Waals surface area contributed by atoms with Crippen molar-refractivity contribution >= 4 is 21.6 Å². The SMILES string of the molecule is Cc1c(Cl)cccc1S(=O)(=O)NCC[C@H](O)c1cccn1C. The van der Waals surface area contributed by atoms with Gasteiger partial charge in [0.05, 0.1) is 11.0 Å². The third-order valence-corrected chi connectivity index (χ3v) is 5.56. The van der Waals surface area contributed by atoms with E-state index in [0.29, 0.717) is 10.6 Å². The maximum absolute atomic E-state index is 12.3. The number of halogens is 1. The third-order valence-electron chi connectivity index (χ3n) is 3.54. The Morgan fingerprint density at radius 1 is 1.32 bits per heavy atom. The number of nitrogens with zero attached hydrogens (tertiary/aromatic N) is 1. The maximum Gasteiger partial charge on any atom is 0.240 e. The Hall–Kier alpha value is -1.34. The summed E-state index contributed by atoms with van der Waals surface area (Å²) in [4.78, 5) is 0.161. The van der Waals surface area contributed by atoms with Crippen molar-refractivity contribution in [1.29, 1.82) is 0 Å². The van der Waals surface area contributed by atoms with Gasteiger partial charge in [-0.3, -0.25) is 0 Å². The third kappa shape index (κ3) is 3.70. The lowest BCUT2D eigenvalue weighted by Crippen LogP contribution is -2.26. The van der Waals surface area contributed by atoms with Gasteiger partial charge in [-0.25, -0.2) is 13.1 Å². The van der Waals surface area contributed by atoms with E-state index < -0.39 is 16.1 Å². The Kier molecular flexibility index (Phi) is 5.28. The predicted octanol–water partition coefficient (Wildman–Crippen LogP) is 2.39. The van der Waals surface area contributed by atoms with E-state index in [-0.39, 0.29) is 17.9 Å². The average Bonchev–Trinajstić information content (AvgIpc) is 2.87. The smallest absolute Gasteiger partial charge is 0.240 e. The number of aryl methyl sites for hydroxylation is 1. The lowest BCUT2D eigenvalue weighted by molar-refractivity contribution is 0.161. The van der Waals surface area contributed by atoms with Gasteiger partial charge in [0.1, 0.15) is 0 Å². The molecular weight excluding hydrogens is 324 g/mol. The molecule has 0 aliphatic carbocycles. The number of sulfonamides is 1. The summed E-state index contributed by atoms with van der Waals surface area (Å²) in [6, 6.07) is 8.40. The van der Waals surface area contributed by atoms with E-state index in [0.717, 1.165) is 5.69 Å². The fraction of sp³-hybridized carbons (Fsp3) is 0.333. The largest absolute Gasteiger partial charge is 0.387 e. The van der Waals surface area contributed by atoms with E-state index in [2.05, 4.69) is 4.72 Å². The minimum atomic E-state index is -3.64. The van der Waals surface area contributed by atoms with Crippen LogP contribution in [0.4, 0.5) is 0 Å². The van der Waals surface area contributed by atoms with Crippen LogP contribution in [0.5, 0.6) is 0 Å². The molecule has 7 heteroatoms. The van der Waals surface area contributed by atoms with Gasteiger partial charge < -0.3 is 9.67 Å². The van der Waals surface area contributed by atoms with Gasteiger partial charge in [-0.1, -0.05) is 17.7 Å². The molecule has 0 spiro atoms. The molecule has 5 nitrogen and oxygen atoms in total. The van der Waals surface area contributed by atoms with Gasteiger partial charge >= 0.3 is 0 Å². The fourth-order valence-electron chi connectivity index (χ4n) is 2.25. The van der Waals surface area contributed by atoms with Crippen LogP contribution in [0.2, 0.25) is 5.02 Å². The molecule has 0 bridgehead atoms. The Labute approximate surface area is 135 Å². The number of aromatic nitrogens is 1. The standard InChI is InChI=1S/C15H19ClN2O3S/c1-11-12(16)5-3-7-15(11)22(20,21)17-9-8-14(19)13-6-4-10-18(13)2/h3-7,10,14,17,19H,8-9H2,1-2H3/t14-/m0/s1. The van der Waals surface area contributed by atoms with E-state index >= 15 is 0 Å². The first-order valence-corrected chi connectivity index (χ1v) is 8.73. The summed E-state index contributed by atoms with van der Waals surface area (Å²) < 4.78 is 28.9. The number of aliphatic hydroxyl groups excluding tert-OH is 1. The van der Waals surface area contributed by atoms with E-state index in [1.807, 2.05) is 19.3 Å². The Morgan fingerprint density at radius 3 is 2.68 bits per heavy atom. The van der Waals surface area contributed by atoms with Gasteiger partial charge in [0.25, 0.3) is 0 Å². The first-order chi connectivity index (χ1) is 10.3. The summed E-state index contributed by atoms with van der Waals surface area (Å²) in [5.41, 5.74) is 1.26. The summed E-state index contributed by atoms with van der Waals surface area (Å²) in [6.07, 6.45) is 1.40. The van der Waals surface area contributed by atoms with Gasteiger partial charge in [-0.15, -0.1) is 0 Å². The van der Waals surface area contributed by atoms with Crippen molar-refractivity contribution in [2.75, 3.05) is 6.54 Å². The lowest BCUT2D eigenvalue weighted by atomic mass is 10.2. The average molecular weight is 343 g/mol. The minimum absolute atomic E-state index is 0.140. The highest BCUT2D eigenvalue weighted by Crippen LogP contribution is 2.23. The molecule has 1 atom stereocenters. The summed E-state index contributed by atoms with van der Waals surface area (Å²) in [5, 5.41) is 10.5. The van der Waals surface area contributed by atoms with Crippen LogP contribution in [0.1, 0.15) is 23.8 Å². The van der Waals surface area contributed by atoms with Crippen molar-refractivity contribution in [3.8, 4) is 0 Å². The van der Waals surface area contributed by atoms with Crippen LogP contribution in [0.25, 0.3) is 0 Å². The van der Waals surface area contributed by atoms with Crippen LogP contribution in [-0.2, 0) is 17.1 Å². The number of rotatable bonds is 6. The predicted molar refractivity (Wildman–Crippen MR) is 86.4 cm³/mol. The molecule has 2 N–H and O–H groups in total. The normalized spacial score (nSPS) is 13.3. The summed E-state index contributed by atoms with van der Waals surface area (Å²) in [5.74, 6) is 0. The van der Waals surface area contributed by atoms with E-state index in [9.17, 15) is 13.5 Å². The number of nitrogens with one attached hydrogen (secondary N) is 1. The molecule has 0 radical (unpaired) electrons. The van der Waals surface area contributed by atoms with Crippen LogP contribution in [-0.4, -0.2) is 24.6 Å². The molecular formula is C15H19ClN2O3S. The Balaban J connectivity index is 2.02. The second-order valence-electron chi connectivity index (χ2n) is 5.11. The number of aliphatic hydroxyl groups is 1. The van der Waals surface area contributed by atoms with Crippen LogP contribution in [0.15, 0.2) is 41.4 Å². The van der Waals surface area contributed by atoms with Crippen molar-refractivity contribution in [3.63, 3.8) is 0 Å². The quantitative estimate of drug-likeness (QED) is 0.846. The van der Waals surface area contributed by atoms with Gasteiger partial charge in [-0.05, 0) is 43.2 Å². The minimum Gasteiger partial charge on any atom is -0.387 e. The van der Waals surface area contributed by atoms with Crippen LogP contribution >= 0.6 is 11.6 Å². The van der Waals surface area contributed by atoms with E-state index in [1.165, 1.54) is 6.07 Å². The number of hydrogen-bond acceptors (Lipinski definition) is 3. The van der Waals surface area contributed by atoms with Crippen LogP contribution < -0.4 is 4.72 Å². The van der Waals surface area contributed by atoms with Crippen molar-refractivity contribution < 1.29 is 13.5 Å². The highest BCUT2D eigenvalue weighted by molar-refractivity contribution is 7.89. The van der Waals surface area contributed by atoms with Gasteiger partial charge in [0, 0.05) is 30.5 Å². The molecule has 0 aliphatic heterocycles. The first-order valence-electron chi connectivity index (χ1n) is 6.87. The van der Waals surface area contributed by atoms with Gasteiger partial charge in [0.2, 0.25) is 10.0 Å². The van der Waals surface area contributed by atoms with Crippen molar-refractivity contribution in [2.45, 2.75) is 24.3 Å². The second kappa shape index (κ2) is 6.83. The number of hydrogen-bond donors (Lipinski definition) is 2. The zero-order valence-corrected chi connectivity index (χ0v) is 14.0. The molecule has 22 heavy (non-hydrogen) atoms. The Bertz CT molecular complexity index is 756. The van der Waals surface area contributed by atoms with Gasteiger partial charge in [0.15, 0.2) is 0 Å². The molecule has 1 aromatic heterocycles. The molecule has 2 aromatic rings. The summed E-state index contributed by atoms with van der Waals surface area (Å²) in [6.45, 7) is 1.80. The molecule has 2 rings (SSSR count). The maximum atomic E-state index is 12.3. The van der Waals surface area contributed by atoms with E-state index in [4.69, 9.17) is 11.6 Å². The lowest BCUT2D eigenvalue weighted by Gasteiger charge is -2.14. The van der Waals surface area contributed by atoms with Crippen molar-refractivity contribution in [2.24, 2.45) is 7.05 Å². The second-order valence-corrected chi connectivity index (χ2v) is 7.25. The summed E-state index contributed by atoms with van der Waals surface area (Å²) in [7, 11) is -1.81. The van der Waals surface area contributed by atoms with Crippen molar-refractivity contribution in [3.05, 3.63) is 52.8 Å². The molecule has 0 saturated carbocycles. The molecule has 120 valence electrons. The highest BCUT2D eigenvalue weighted by Gasteiger charge is 2.18. The molecule has 1 aromatic carbocycles. The molecule has 0 amide bonds. The van der Waals surface area contributed by atoms with E-state index in [1.54, 1.807) is 29.7 Å². The van der Waals surface area contributed by atoms with Crippen molar-refractivity contribution in [1.82, 2.24) is 9.29 Å². The van der Waals surface area contributed by atoms with Crippen LogP contribution in [0.3, 0.4) is 0 Å². The first kappa shape index (κ1) is 17.0.